The summed E-state index contributed by atoms with van der Waals surface area (Å²) in [4.78, 5) is 14.2. The van der Waals surface area contributed by atoms with Gasteiger partial charge in [-0.3, -0.25) is 4.98 Å². The minimum atomic E-state index is -0.133. The van der Waals surface area contributed by atoms with Crippen LogP contribution in [0.4, 0.5) is 0 Å². The molecule has 0 spiro atoms. The van der Waals surface area contributed by atoms with E-state index in [-0.39, 0.29) is 6.10 Å². The Hall–Kier alpha value is -1.55. The van der Waals surface area contributed by atoms with Crippen LogP contribution >= 0.6 is 0 Å². The van der Waals surface area contributed by atoms with Crippen LogP contribution in [0.1, 0.15) is 75.9 Å². The summed E-state index contributed by atoms with van der Waals surface area (Å²) < 4.78 is 0. The number of fused-ring (bicyclic) bond motifs is 1. The molecule has 0 aliphatic heterocycles. The molecule has 1 N–H and O–H groups in total. The molecule has 2 heterocycles. The highest BCUT2D eigenvalue weighted by Crippen LogP contribution is 2.36. The standard InChI is InChI=1S/C20H29N3O/c1-4-13(3)10-19-22-12-17-18(5-2)21-11-16(20(17)23-19)14-6-8-15(24)9-7-14/h11-15,24H,4-10H2,1-3H3/t13-,14?,15?/m0/s1. The van der Waals surface area contributed by atoms with Crippen molar-refractivity contribution in [3.63, 3.8) is 0 Å². The second-order valence-electron chi connectivity index (χ2n) is 7.29. The molecule has 1 saturated carbocycles. The summed E-state index contributed by atoms with van der Waals surface area (Å²) in [6.45, 7) is 6.59. The number of aromatic nitrogens is 3. The zero-order valence-corrected chi connectivity index (χ0v) is 15.1. The maximum atomic E-state index is 9.80. The van der Waals surface area contributed by atoms with Gasteiger partial charge in [-0.2, -0.15) is 0 Å². The van der Waals surface area contributed by atoms with Crippen molar-refractivity contribution in [1.29, 1.82) is 0 Å². The minimum Gasteiger partial charge on any atom is -0.393 e. The predicted molar refractivity (Wildman–Crippen MR) is 97.1 cm³/mol. The molecule has 0 radical (unpaired) electrons. The lowest BCUT2D eigenvalue weighted by molar-refractivity contribution is 0.122. The maximum Gasteiger partial charge on any atom is 0.129 e. The molecule has 130 valence electrons. The lowest BCUT2D eigenvalue weighted by atomic mass is 9.82. The molecule has 1 aliphatic carbocycles. The number of pyridine rings is 1. The topological polar surface area (TPSA) is 58.9 Å². The third-order valence-corrected chi connectivity index (χ3v) is 5.48. The molecule has 2 aromatic rings. The van der Waals surface area contributed by atoms with E-state index in [1.165, 1.54) is 5.56 Å². The summed E-state index contributed by atoms with van der Waals surface area (Å²) in [5, 5.41) is 10.9. The second-order valence-corrected chi connectivity index (χ2v) is 7.29. The molecular formula is C20H29N3O. The van der Waals surface area contributed by atoms with Crippen molar-refractivity contribution in [2.75, 3.05) is 0 Å². The largest absolute Gasteiger partial charge is 0.393 e. The fourth-order valence-corrected chi connectivity index (χ4v) is 3.65. The van der Waals surface area contributed by atoms with Crippen LogP contribution in [0.5, 0.6) is 0 Å². The highest BCUT2D eigenvalue weighted by Gasteiger charge is 2.24. The van der Waals surface area contributed by atoms with E-state index in [1.54, 1.807) is 0 Å². The van der Waals surface area contributed by atoms with E-state index in [2.05, 4.69) is 30.7 Å². The van der Waals surface area contributed by atoms with Crippen LogP contribution in [-0.2, 0) is 12.8 Å². The number of aliphatic hydroxyl groups is 1. The lowest BCUT2D eigenvalue weighted by Gasteiger charge is -2.26. The molecular weight excluding hydrogens is 298 g/mol. The summed E-state index contributed by atoms with van der Waals surface area (Å²) in [7, 11) is 0. The van der Waals surface area contributed by atoms with Crippen molar-refractivity contribution in [2.24, 2.45) is 5.92 Å². The van der Waals surface area contributed by atoms with E-state index < -0.39 is 0 Å². The van der Waals surface area contributed by atoms with Crippen LogP contribution in [-0.4, -0.2) is 26.2 Å². The van der Waals surface area contributed by atoms with Gasteiger partial charge in [0.1, 0.15) is 5.82 Å². The Bertz CT molecular complexity index is 693. The predicted octanol–water partition coefficient (Wildman–Crippen LogP) is 4.19. The van der Waals surface area contributed by atoms with Crippen molar-refractivity contribution in [3.8, 4) is 0 Å². The summed E-state index contributed by atoms with van der Waals surface area (Å²) in [5.74, 6) is 2.01. The number of hydrogen-bond donors (Lipinski definition) is 1. The molecule has 3 rings (SSSR count). The van der Waals surface area contributed by atoms with Gasteiger partial charge in [0.2, 0.25) is 0 Å². The number of nitrogens with zero attached hydrogens (tertiary/aromatic N) is 3. The van der Waals surface area contributed by atoms with Gasteiger partial charge in [-0.05, 0) is 49.5 Å². The molecule has 24 heavy (non-hydrogen) atoms. The van der Waals surface area contributed by atoms with Gasteiger partial charge in [-0.25, -0.2) is 9.97 Å². The normalized spacial score (nSPS) is 22.7. The van der Waals surface area contributed by atoms with E-state index in [9.17, 15) is 5.11 Å². The Labute approximate surface area is 144 Å². The molecule has 0 saturated heterocycles. The Balaban J connectivity index is 2.02. The quantitative estimate of drug-likeness (QED) is 0.894. The third kappa shape index (κ3) is 3.59. The number of aryl methyl sites for hydroxylation is 1. The van der Waals surface area contributed by atoms with Crippen LogP contribution < -0.4 is 0 Å². The van der Waals surface area contributed by atoms with Gasteiger partial charge < -0.3 is 5.11 Å². The average Bonchev–Trinajstić information content (AvgIpc) is 2.61. The monoisotopic (exact) mass is 327 g/mol. The van der Waals surface area contributed by atoms with E-state index in [0.717, 1.165) is 67.4 Å². The molecule has 1 aliphatic rings. The minimum absolute atomic E-state index is 0.133. The third-order valence-electron chi connectivity index (χ3n) is 5.48. The molecule has 4 nitrogen and oxygen atoms in total. The zero-order chi connectivity index (χ0) is 17.1. The Morgan fingerprint density at radius 2 is 1.88 bits per heavy atom. The first-order chi connectivity index (χ1) is 11.6. The van der Waals surface area contributed by atoms with Crippen molar-refractivity contribution in [1.82, 2.24) is 15.0 Å². The van der Waals surface area contributed by atoms with Gasteiger partial charge in [-0.15, -0.1) is 0 Å². The summed E-state index contributed by atoms with van der Waals surface area (Å²) in [6.07, 6.45) is 10.7. The summed E-state index contributed by atoms with van der Waals surface area (Å²) >= 11 is 0. The summed E-state index contributed by atoms with van der Waals surface area (Å²) in [6, 6.07) is 0. The van der Waals surface area contributed by atoms with Crippen LogP contribution in [0.2, 0.25) is 0 Å². The van der Waals surface area contributed by atoms with Crippen LogP contribution in [0.15, 0.2) is 12.4 Å². The SMILES string of the molecule is CCc1ncc(C2CCC(O)CC2)c2nc(C[C@@H](C)CC)ncc12. The fourth-order valence-electron chi connectivity index (χ4n) is 3.65. The molecule has 0 bridgehead atoms. The van der Waals surface area contributed by atoms with E-state index in [4.69, 9.17) is 4.98 Å². The van der Waals surface area contributed by atoms with Gasteiger partial charge in [-0.1, -0.05) is 27.2 Å². The molecule has 0 unspecified atom stereocenters. The van der Waals surface area contributed by atoms with Crippen LogP contribution in [0.25, 0.3) is 10.9 Å². The van der Waals surface area contributed by atoms with E-state index in [0.29, 0.717) is 11.8 Å². The number of aliphatic hydroxyl groups excluding tert-OH is 1. The van der Waals surface area contributed by atoms with E-state index in [1.807, 2.05) is 12.4 Å². The van der Waals surface area contributed by atoms with Gasteiger partial charge >= 0.3 is 0 Å². The van der Waals surface area contributed by atoms with Gasteiger partial charge in [0.25, 0.3) is 0 Å². The Morgan fingerprint density at radius 1 is 1.12 bits per heavy atom. The number of hydrogen-bond acceptors (Lipinski definition) is 4. The summed E-state index contributed by atoms with van der Waals surface area (Å²) in [5.41, 5.74) is 3.43. The van der Waals surface area contributed by atoms with Gasteiger partial charge in [0.15, 0.2) is 0 Å². The molecule has 0 aromatic carbocycles. The van der Waals surface area contributed by atoms with Gasteiger partial charge in [0.05, 0.1) is 17.3 Å². The fraction of sp³-hybridized carbons (Fsp3) is 0.650. The van der Waals surface area contributed by atoms with Crippen molar-refractivity contribution < 1.29 is 5.11 Å². The Kier molecular flexibility index (Phi) is 5.44. The van der Waals surface area contributed by atoms with Crippen molar-refractivity contribution >= 4 is 10.9 Å². The highest BCUT2D eigenvalue weighted by atomic mass is 16.3. The molecule has 2 aromatic heterocycles. The van der Waals surface area contributed by atoms with Crippen LogP contribution in [0, 0.1) is 5.92 Å². The average molecular weight is 327 g/mol. The zero-order valence-electron chi connectivity index (χ0n) is 15.1. The highest BCUT2D eigenvalue weighted by molar-refractivity contribution is 5.83. The number of rotatable bonds is 5. The lowest BCUT2D eigenvalue weighted by Crippen LogP contribution is -2.18. The first-order valence-electron chi connectivity index (χ1n) is 9.43. The van der Waals surface area contributed by atoms with Gasteiger partial charge in [0, 0.05) is 24.2 Å². The van der Waals surface area contributed by atoms with E-state index >= 15 is 0 Å². The first kappa shape index (κ1) is 17.3. The molecule has 0 amide bonds. The first-order valence-corrected chi connectivity index (χ1v) is 9.43. The second kappa shape index (κ2) is 7.56. The molecule has 4 heteroatoms. The Morgan fingerprint density at radius 3 is 2.54 bits per heavy atom. The molecule has 1 atom stereocenters. The van der Waals surface area contributed by atoms with Crippen molar-refractivity contribution in [3.05, 3.63) is 29.5 Å². The molecule has 1 fully saturated rings. The smallest absolute Gasteiger partial charge is 0.129 e. The maximum absolute atomic E-state index is 9.80. The van der Waals surface area contributed by atoms with Crippen LogP contribution in [0.3, 0.4) is 0 Å². The van der Waals surface area contributed by atoms with Crippen molar-refractivity contribution in [2.45, 2.75) is 77.7 Å².